The fourth-order valence-electron chi connectivity index (χ4n) is 1.33. The maximum Gasteiger partial charge on any atom is 0.0753 e. The highest BCUT2D eigenvalue weighted by atomic mass is 16.3. The van der Waals surface area contributed by atoms with Crippen LogP contribution in [0.15, 0.2) is 12.4 Å². The van der Waals surface area contributed by atoms with E-state index >= 15 is 0 Å². The van der Waals surface area contributed by atoms with Gasteiger partial charge in [-0.2, -0.15) is 0 Å². The molecule has 0 radical (unpaired) electrons. The van der Waals surface area contributed by atoms with E-state index in [0.717, 1.165) is 11.4 Å². The third-order valence-electron chi connectivity index (χ3n) is 2.45. The second-order valence-electron chi connectivity index (χ2n) is 4.98. The first-order valence-corrected chi connectivity index (χ1v) is 5.62. The van der Waals surface area contributed by atoms with Crippen LogP contribution >= 0.6 is 0 Å². The number of aromatic nitrogens is 2. The summed E-state index contributed by atoms with van der Waals surface area (Å²) < 4.78 is 0. The number of nitrogens with one attached hydrogen (secondary N) is 1. The molecule has 0 fully saturated rings. The molecule has 1 unspecified atom stereocenters. The van der Waals surface area contributed by atoms with E-state index in [0.29, 0.717) is 6.54 Å². The molecule has 0 aromatic carbocycles. The van der Waals surface area contributed by atoms with Gasteiger partial charge in [0.25, 0.3) is 0 Å². The Bertz CT molecular complexity index is 316. The molecular formula is C12H21N3O. The highest BCUT2D eigenvalue weighted by Crippen LogP contribution is 2.19. The van der Waals surface area contributed by atoms with Crippen LogP contribution in [0.25, 0.3) is 0 Å². The molecule has 0 bridgehead atoms. The van der Waals surface area contributed by atoms with Crippen LogP contribution in [0.5, 0.6) is 0 Å². The Hall–Kier alpha value is -1.00. The summed E-state index contributed by atoms with van der Waals surface area (Å²) in [6, 6.07) is 0.119. The predicted molar refractivity (Wildman–Crippen MR) is 64.2 cm³/mol. The Morgan fingerprint density at radius 3 is 2.44 bits per heavy atom. The zero-order valence-corrected chi connectivity index (χ0v) is 10.5. The Kier molecular flexibility index (Phi) is 4.38. The van der Waals surface area contributed by atoms with E-state index in [2.05, 4.69) is 36.1 Å². The first-order valence-electron chi connectivity index (χ1n) is 5.62. The van der Waals surface area contributed by atoms with Gasteiger partial charge in [-0.3, -0.25) is 9.97 Å². The van der Waals surface area contributed by atoms with Crippen molar-refractivity contribution in [2.45, 2.75) is 39.2 Å². The lowest BCUT2D eigenvalue weighted by molar-refractivity contribution is 0.285. The Morgan fingerprint density at radius 1 is 1.31 bits per heavy atom. The monoisotopic (exact) mass is 223 g/mol. The number of aliphatic hydroxyl groups excluding tert-OH is 1. The normalized spacial score (nSPS) is 13.8. The van der Waals surface area contributed by atoms with Crippen molar-refractivity contribution in [3.05, 3.63) is 23.8 Å². The highest BCUT2D eigenvalue weighted by Gasteiger charge is 2.16. The molecular weight excluding hydrogens is 202 g/mol. The summed E-state index contributed by atoms with van der Waals surface area (Å²) in [7, 11) is 0. The van der Waals surface area contributed by atoms with Crippen molar-refractivity contribution in [3.8, 4) is 0 Å². The van der Waals surface area contributed by atoms with Gasteiger partial charge in [-0.05, 0) is 6.92 Å². The van der Waals surface area contributed by atoms with Gasteiger partial charge in [0.2, 0.25) is 0 Å². The topological polar surface area (TPSA) is 58.0 Å². The summed E-state index contributed by atoms with van der Waals surface area (Å²) in [4.78, 5) is 8.81. The van der Waals surface area contributed by atoms with Crippen molar-refractivity contribution in [3.63, 3.8) is 0 Å². The molecule has 0 aliphatic heterocycles. The predicted octanol–water partition coefficient (Wildman–Crippen LogP) is 1.42. The first-order chi connectivity index (χ1) is 7.45. The van der Waals surface area contributed by atoms with Crippen molar-refractivity contribution < 1.29 is 5.11 Å². The zero-order valence-electron chi connectivity index (χ0n) is 10.5. The van der Waals surface area contributed by atoms with Gasteiger partial charge in [-0.15, -0.1) is 0 Å². The van der Waals surface area contributed by atoms with E-state index < -0.39 is 0 Å². The number of hydrogen-bond donors (Lipinski definition) is 2. The Balaban J connectivity index is 2.71. The summed E-state index contributed by atoms with van der Waals surface area (Å²) >= 11 is 0. The van der Waals surface area contributed by atoms with Gasteiger partial charge in [0, 0.05) is 24.2 Å². The van der Waals surface area contributed by atoms with Crippen LogP contribution in [0.3, 0.4) is 0 Å². The molecule has 0 saturated carbocycles. The summed E-state index contributed by atoms with van der Waals surface area (Å²) in [5, 5.41) is 11.9. The summed E-state index contributed by atoms with van der Waals surface area (Å²) in [5.41, 5.74) is 1.93. The SMILES string of the molecule is CC(NCCO)c1cnc(C(C)(C)C)cn1. The molecule has 0 saturated heterocycles. The van der Waals surface area contributed by atoms with E-state index in [1.165, 1.54) is 0 Å². The van der Waals surface area contributed by atoms with E-state index in [4.69, 9.17) is 5.11 Å². The van der Waals surface area contributed by atoms with Gasteiger partial charge in [0.15, 0.2) is 0 Å². The van der Waals surface area contributed by atoms with Crippen molar-refractivity contribution in [1.82, 2.24) is 15.3 Å². The molecule has 1 aromatic heterocycles. The van der Waals surface area contributed by atoms with Crippen LogP contribution in [0, 0.1) is 0 Å². The molecule has 0 aliphatic rings. The lowest BCUT2D eigenvalue weighted by atomic mass is 9.93. The molecule has 2 N–H and O–H groups in total. The number of rotatable bonds is 4. The summed E-state index contributed by atoms with van der Waals surface area (Å²) in [6.45, 7) is 9.07. The lowest BCUT2D eigenvalue weighted by Crippen LogP contribution is -2.23. The van der Waals surface area contributed by atoms with Crippen LogP contribution in [0.2, 0.25) is 0 Å². The molecule has 0 amide bonds. The van der Waals surface area contributed by atoms with E-state index in [1.54, 1.807) is 6.20 Å². The first kappa shape index (κ1) is 13.1. The minimum Gasteiger partial charge on any atom is -0.395 e. The Morgan fingerprint density at radius 2 is 2.00 bits per heavy atom. The number of aliphatic hydroxyl groups is 1. The average Bonchev–Trinajstić information content (AvgIpc) is 2.25. The van der Waals surface area contributed by atoms with Crippen molar-refractivity contribution in [2.24, 2.45) is 0 Å². The highest BCUT2D eigenvalue weighted by molar-refractivity contribution is 5.12. The van der Waals surface area contributed by atoms with Gasteiger partial charge in [0.05, 0.1) is 24.2 Å². The van der Waals surface area contributed by atoms with Crippen LogP contribution < -0.4 is 5.32 Å². The smallest absolute Gasteiger partial charge is 0.0753 e. The maximum absolute atomic E-state index is 8.71. The molecule has 1 heterocycles. The van der Waals surface area contributed by atoms with Gasteiger partial charge in [-0.1, -0.05) is 20.8 Å². The van der Waals surface area contributed by atoms with Crippen LogP contribution in [0.1, 0.15) is 45.1 Å². The van der Waals surface area contributed by atoms with Crippen LogP contribution in [-0.2, 0) is 5.41 Å². The largest absolute Gasteiger partial charge is 0.395 e. The molecule has 0 aliphatic carbocycles. The molecule has 90 valence electrons. The average molecular weight is 223 g/mol. The minimum absolute atomic E-state index is 0.0350. The maximum atomic E-state index is 8.71. The van der Waals surface area contributed by atoms with Crippen LogP contribution in [0.4, 0.5) is 0 Å². The fraction of sp³-hybridized carbons (Fsp3) is 0.667. The van der Waals surface area contributed by atoms with Gasteiger partial charge in [-0.25, -0.2) is 0 Å². The van der Waals surface area contributed by atoms with E-state index in [9.17, 15) is 0 Å². The van der Waals surface area contributed by atoms with Crippen molar-refractivity contribution in [2.75, 3.05) is 13.2 Å². The second-order valence-corrected chi connectivity index (χ2v) is 4.98. The minimum atomic E-state index is 0.0350. The molecule has 16 heavy (non-hydrogen) atoms. The van der Waals surface area contributed by atoms with Crippen LogP contribution in [-0.4, -0.2) is 28.2 Å². The molecule has 0 spiro atoms. The third kappa shape index (κ3) is 3.54. The second kappa shape index (κ2) is 5.37. The molecule has 1 rings (SSSR count). The van der Waals surface area contributed by atoms with E-state index in [1.807, 2.05) is 13.1 Å². The van der Waals surface area contributed by atoms with Crippen molar-refractivity contribution >= 4 is 0 Å². The number of hydrogen-bond acceptors (Lipinski definition) is 4. The van der Waals surface area contributed by atoms with Crippen molar-refractivity contribution in [1.29, 1.82) is 0 Å². The number of nitrogens with zero attached hydrogens (tertiary/aromatic N) is 2. The molecule has 1 aromatic rings. The Labute approximate surface area is 97.1 Å². The molecule has 1 atom stereocenters. The van der Waals surface area contributed by atoms with Gasteiger partial charge >= 0.3 is 0 Å². The lowest BCUT2D eigenvalue weighted by Gasteiger charge is -2.18. The van der Waals surface area contributed by atoms with Gasteiger partial charge < -0.3 is 10.4 Å². The van der Waals surface area contributed by atoms with E-state index in [-0.39, 0.29) is 18.1 Å². The standard InChI is InChI=1S/C12H21N3O/c1-9(13-5-6-16)10-7-15-11(8-14-10)12(2,3)4/h7-9,13,16H,5-6H2,1-4H3. The third-order valence-corrected chi connectivity index (χ3v) is 2.45. The molecule has 4 heteroatoms. The van der Waals surface area contributed by atoms with Gasteiger partial charge in [0.1, 0.15) is 0 Å². The quantitative estimate of drug-likeness (QED) is 0.810. The zero-order chi connectivity index (χ0) is 12.2. The summed E-state index contributed by atoms with van der Waals surface area (Å²) in [6.07, 6.45) is 3.63. The molecule has 4 nitrogen and oxygen atoms in total. The fourth-order valence-corrected chi connectivity index (χ4v) is 1.33. The summed E-state index contributed by atoms with van der Waals surface area (Å²) in [5.74, 6) is 0.